The highest BCUT2D eigenvalue weighted by atomic mass is 35.5. The Morgan fingerprint density at radius 2 is 1.94 bits per heavy atom. The third-order valence-electron chi connectivity index (χ3n) is 2.20. The zero-order valence-electron chi connectivity index (χ0n) is 9.08. The van der Waals surface area contributed by atoms with E-state index >= 15 is 0 Å². The minimum absolute atomic E-state index is 0.291. The first-order valence-electron chi connectivity index (χ1n) is 4.92. The van der Waals surface area contributed by atoms with Gasteiger partial charge in [0.25, 0.3) is 0 Å². The van der Waals surface area contributed by atoms with Crippen LogP contribution in [0.3, 0.4) is 0 Å². The molecular formula is C12H10Cl2N2O. The van der Waals surface area contributed by atoms with Crippen LogP contribution in [0.1, 0.15) is 5.56 Å². The number of aryl methyl sites for hydroxylation is 1. The van der Waals surface area contributed by atoms with E-state index in [0.717, 1.165) is 5.56 Å². The molecule has 2 rings (SSSR count). The van der Waals surface area contributed by atoms with Crippen molar-refractivity contribution in [1.29, 1.82) is 0 Å². The summed E-state index contributed by atoms with van der Waals surface area (Å²) in [5.74, 6) is 0.910. The summed E-state index contributed by atoms with van der Waals surface area (Å²) in [7, 11) is 0. The number of pyridine rings is 1. The van der Waals surface area contributed by atoms with Crippen molar-refractivity contribution in [2.75, 3.05) is 5.73 Å². The van der Waals surface area contributed by atoms with Crippen LogP contribution in [-0.2, 0) is 0 Å². The molecule has 2 N–H and O–H groups in total. The molecule has 0 spiro atoms. The number of anilines is 1. The second-order valence-electron chi connectivity index (χ2n) is 3.54. The van der Waals surface area contributed by atoms with Crippen LogP contribution in [0.25, 0.3) is 0 Å². The van der Waals surface area contributed by atoms with Crippen LogP contribution in [0.2, 0.25) is 10.2 Å². The molecule has 0 unspecified atom stereocenters. The van der Waals surface area contributed by atoms with Crippen molar-refractivity contribution in [3.05, 3.63) is 46.1 Å². The van der Waals surface area contributed by atoms with Crippen LogP contribution in [0.4, 0.5) is 5.69 Å². The Morgan fingerprint density at radius 1 is 1.18 bits per heavy atom. The second-order valence-corrected chi connectivity index (χ2v) is 4.34. The van der Waals surface area contributed by atoms with E-state index in [-0.39, 0.29) is 0 Å². The minimum atomic E-state index is 0.291. The first kappa shape index (κ1) is 12.0. The van der Waals surface area contributed by atoms with E-state index in [9.17, 15) is 0 Å². The Labute approximate surface area is 109 Å². The molecule has 88 valence electrons. The van der Waals surface area contributed by atoms with Gasteiger partial charge in [0.2, 0.25) is 5.88 Å². The van der Waals surface area contributed by atoms with Gasteiger partial charge >= 0.3 is 0 Å². The molecule has 0 amide bonds. The lowest BCUT2D eigenvalue weighted by Crippen LogP contribution is -1.95. The summed E-state index contributed by atoms with van der Waals surface area (Å²) in [4.78, 5) is 4.01. The standard InChI is InChI=1S/C12H10Cl2N2O/c1-7-6-8(2-3-9(7)13)17-12-10(15)4-5-11(14)16-12/h2-6H,15H2,1H3. The molecule has 1 aromatic heterocycles. The first-order chi connectivity index (χ1) is 8.06. The van der Waals surface area contributed by atoms with Gasteiger partial charge in [-0.1, -0.05) is 23.2 Å². The summed E-state index contributed by atoms with van der Waals surface area (Å²) in [6.45, 7) is 1.89. The Hall–Kier alpha value is -1.45. The number of nitrogens with two attached hydrogens (primary N) is 1. The van der Waals surface area contributed by atoms with Crippen molar-refractivity contribution in [2.45, 2.75) is 6.92 Å². The van der Waals surface area contributed by atoms with E-state index in [0.29, 0.717) is 27.5 Å². The molecule has 0 atom stereocenters. The molecule has 5 heteroatoms. The molecule has 0 saturated heterocycles. The Balaban J connectivity index is 2.31. The third kappa shape index (κ3) is 2.81. The van der Waals surface area contributed by atoms with Crippen molar-refractivity contribution in [3.63, 3.8) is 0 Å². The number of halogens is 2. The van der Waals surface area contributed by atoms with E-state index < -0.39 is 0 Å². The molecule has 0 radical (unpaired) electrons. The SMILES string of the molecule is Cc1cc(Oc2nc(Cl)ccc2N)ccc1Cl. The summed E-state index contributed by atoms with van der Waals surface area (Å²) >= 11 is 11.7. The molecule has 3 nitrogen and oxygen atoms in total. The topological polar surface area (TPSA) is 48.1 Å². The highest BCUT2D eigenvalue weighted by Gasteiger charge is 2.06. The Morgan fingerprint density at radius 3 is 2.65 bits per heavy atom. The summed E-state index contributed by atoms with van der Waals surface area (Å²) < 4.78 is 5.55. The zero-order chi connectivity index (χ0) is 12.4. The van der Waals surface area contributed by atoms with Crippen LogP contribution in [0, 0.1) is 6.92 Å². The normalized spacial score (nSPS) is 10.3. The third-order valence-corrected chi connectivity index (χ3v) is 2.83. The van der Waals surface area contributed by atoms with Gasteiger partial charge in [0.1, 0.15) is 10.9 Å². The molecule has 0 aliphatic rings. The largest absolute Gasteiger partial charge is 0.437 e. The van der Waals surface area contributed by atoms with E-state index in [1.807, 2.05) is 13.0 Å². The lowest BCUT2D eigenvalue weighted by Gasteiger charge is -2.08. The quantitative estimate of drug-likeness (QED) is 0.836. The number of hydrogen-bond acceptors (Lipinski definition) is 3. The van der Waals surface area contributed by atoms with Gasteiger partial charge in [0.05, 0.1) is 5.69 Å². The maximum Gasteiger partial charge on any atom is 0.244 e. The molecule has 0 aliphatic carbocycles. The highest BCUT2D eigenvalue weighted by Crippen LogP contribution is 2.29. The molecule has 2 aromatic rings. The Bertz CT molecular complexity index is 558. The number of nitrogens with zero attached hydrogens (tertiary/aromatic N) is 1. The predicted molar refractivity (Wildman–Crippen MR) is 69.9 cm³/mol. The number of aromatic nitrogens is 1. The van der Waals surface area contributed by atoms with Crippen molar-refractivity contribution in [2.24, 2.45) is 0 Å². The van der Waals surface area contributed by atoms with E-state index in [1.165, 1.54) is 0 Å². The lowest BCUT2D eigenvalue weighted by atomic mass is 10.2. The fraction of sp³-hybridized carbons (Fsp3) is 0.0833. The molecule has 1 aromatic carbocycles. The smallest absolute Gasteiger partial charge is 0.244 e. The van der Waals surface area contributed by atoms with Crippen molar-refractivity contribution in [1.82, 2.24) is 4.98 Å². The van der Waals surface area contributed by atoms with Gasteiger partial charge in [-0.2, -0.15) is 4.98 Å². The average molecular weight is 269 g/mol. The number of hydrogen-bond donors (Lipinski definition) is 1. The molecule has 0 bridgehead atoms. The molecule has 1 heterocycles. The predicted octanol–water partition coefficient (Wildman–Crippen LogP) is 4.07. The molecule has 0 fully saturated rings. The summed E-state index contributed by atoms with van der Waals surface area (Å²) in [5, 5.41) is 1.02. The van der Waals surface area contributed by atoms with Crippen LogP contribution >= 0.6 is 23.2 Å². The molecule has 17 heavy (non-hydrogen) atoms. The van der Waals surface area contributed by atoms with Crippen LogP contribution in [0.15, 0.2) is 30.3 Å². The molecule has 0 saturated carbocycles. The highest BCUT2D eigenvalue weighted by molar-refractivity contribution is 6.31. The number of ether oxygens (including phenoxy) is 1. The molecule has 0 aliphatic heterocycles. The second kappa shape index (κ2) is 4.82. The van der Waals surface area contributed by atoms with Gasteiger partial charge in [0, 0.05) is 5.02 Å². The fourth-order valence-corrected chi connectivity index (χ4v) is 1.56. The summed E-state index contributed by atoms with van der Waals surface area (Å²) in [6.07, 6.45) is 0. The zero-order valence-corrected chi connectivity index (χ0v) is 10.6. The molecular weight excluding hydrogens is 259 g/mol. The van der Waals surface area contributed by atoms with Crippen LogP contribution in [0.5, 0.6) is 11.6 Å². The maximum atomic E-state index is 5.92. The maximum absolute atomic E-state index is 5.92. The van der Waals surface area contributed by atoms with Crippen molar-refractivity contribution in [3.8, 4) is 11.6 Å². The summed E-state index contributed by atoms with van der Waals surface area (Å²) in [5.41, 5.74) is 7.09. The van der Waals surface area contributed by atoms with E-state index in [1.54, 1.807) is 24.3 Å². The van der Waals surface area contributed by atoms with E-state index in [2.05, 4.69) is 4.98 Å². The van der Waals surface area contributed by atoms with Gasteiger partial charge in [0.15, 0.2) is 0 Å². The average Bonchev–Trinajstić information content (AvgIpc) is 2.29. The van der Waals surface area contributed by atoms with Gasteiger partial charge in [-0.25, -0.2) is 0 Å². The van der Waals surface area contributed by atoms with Gasteiger partial charge in [-0.3, -0.25) is 0 Å². The van der Waals surface area contributed by atoms with Gasteiger partial charge in [-0.05, 0) is 42.8 Å². The fourth-order valence-electron chi connectivity index (χ4n) is 1.30. The number of rotatable bonds is 2. The van der Waals surface area contributed by atoms with Crippen molar-refractivity contribution >= 4 is 28.9 Å². The van der Waals surface area contributed by atoms with Crippen LogP contribution < -0.4 is 10.5 Å². The Kier molecular flexibility index (Phi) is 3.41. The van der Waals surface area contributed by atoms with E-state index in [4.69, 9.17) is 33.7 Å². The van der Waals surface area contributed by atoms with Gasteiger partial charge in [-0.15, -0.1) is 0 Å². The van der Waals surface area contributed by atoms with Crippen LogP contribution in [-0.4, -0.2) is 4.98 Å². The summed E-state index contributed by atoms with van der Waals surface area (Å²) in [6, 6.07) is 8.57. The minimum Gasteiger partial charge on any atom is -0.437 e. The first-order valence-corrected chi connectivity index (χ1v) is 5.68. The number of nitrogen functional groups attached to an aromatic ring is 1. The van der Waals surface area contributed by atoms with Crippen molar-refractivity contribution < 1.29 is 4.74 Å². The number of benzene rings is 1. The lowest BCUT2D eigenvalue weighted by molar-refractivity contribution is 0.465. The monoisotopic (exact) mass is 268 g/mol. The van der Waals surface area contributed by atoms with Gasteiger partial charge < -0.3 is 10.5 Å².